The van der Waals surface area contributed by atoms with Crippen LogP contribution in [0.5, 0.6) is 0 Å². The number of benzene rings is 1. The van der Waals surface area contributed by atoms with E-state index >= 15 is 0 Å². The predicted octanol–water partition coefficient (Wildman–Crippen LogP) is -6.56. The van der Waals surface area contributed by atoms with E-state index in [4.69, 9.17) is 0 Å². The number of halogens is 2. The van der Waals surface area contributed by atoms with Crippen molar-refractivity contribution in [3.8, 4) is 0 Å². The zero-order valence-corrected chi connectivity index (χ0v) is 8.65. The van der Waals surface area contributed by atoms with Crippen LogP contribution in [0.15, 0.2) is 24.3 Å². The van der Waals surface area contributed by atoms with Crippen LogP contribution in [0.2, 0.25) is 0 Å². The van der Waals surface area contributed by atoms with Gasteiger partial charge in [-0.15, -0.1) is 0 Å². The smallest absolute Gasteiger partial charge is 0.189 e. The molecule has 0 radical (unpaired) electrons. The third-order valence-electron chi connectivity index (χ3n) is 1.12. The van der Waals surface area contributed by atoms with E-state index in [1.807, 2.05) is 24.3 Å². The van der Waals surface area contributed by atoms with Gasteiger partial charge in [0.2, 0.25) is 0 Å². The van der Waals surface area contributed by atoms with Gasteiger partial charge in [0, 0.05) is 12.1 Å². The van der Waals surface area contributed by atoms with Gasteiger partial charge < -0.3 is 45.4 Å². The van der Waals surface area contributed by atoms with Crippen molar-refractivity contribution in [1.82, 2.24) is 0 Å². The van der Waals surface area contributed by atoms with Gasteiger partial charge in [0.25, 0.3) is 0 Å². The Bertz CT molecular complexity index is 170. The van der Waals surface area contributed by atoms with E-state index in [1.165, 1.54) is 0 Å². The second-order valence-electron chi connectivity index (χ2n) is 1.77. The molecule has 4 heteroatoms. The molecule has 2 nitrogen and oxygen atoms in total. The van der Waals surface area contributed by atoms with Crippen molar-refractivity contribution in [2.24, 2.45) is 0 Å². The van der Waals surface area contributed by atoms with Gasteiger partial charge in [-0.2, -0.15) is 0 Å². The molecule has 0 aliphatic carbocycles. The predicted molar refractivity (Wildman–Crippen MR) is 31.5 cm³/mol. The van der Waals surface area contributed by atoms with Crippen molar-refractivity contribution in [2.75, 3.05) is 0 Å². The molecule has 10 heavy (non-hydrogen) atoms. The molecule has 0 aliphatic heterocycles. The minimum atomic E-state index is 0. The maximum Gasteiger partial charge on any atom is 0.189 e. The summed E-state index contributed by atoms with van der Waals surface area (Å²) >= 11 is 0. The minimum Gasteiger partial charge on any atom is -1.00 e. The molecule has 6 N–H and O–H groups in total. The van der Waals surface area contributed by atoms with Crippen molar-refractivity contribution in [3.05, 3.63) is 24.3 Å². The van der Waals surface area contributed by atoms with Crippen molar-refractivity contribution < 1.29 is 45.4 Å². The molecule has 0 aromatic heterocycles. The van der Waals surface area contributed by atoms with Crippen LogP contribution in [-0.4, -0.2) is 0 Å². The summed E-state index contributed by atoms with van der Waals surface area (Å²) in [4.78, 5) is 0. The molecular formula is C6H10Br2N2. The molecule has 0 atom stereocenters. The van der Waals surface area contributed by atoms with Gasteiger partial charge in [-0.25, -0.2) is 0 Å². The lowest BCUT2D eigenvalue weighted by Crippen LogP contribution is -3.00. The number of hydrogen-bond donors (Lipinski definition) is 2. The quantitative estimate of drug-likeness (QED) is 0.471. The molecule has 0 saturated heterocycles. The molecular weight excluding hydrogens is 260 g/mol. The second kappa shape index (κ2) is 5.85. The Labute approximate surface area is 81.1 Å². The monoisotopic (exact) mass is 268 g/mol. The SMILES string of the molecule is [Br-].[Br-].[NH3+]c1ccccc1[NH3+]. The topological polar surface area (TPSA) is 55.3 Å². The summed E-state index contributed by atoms with van der Waals surface area (Å²) in [6.07, 6.45) is 0. The Morgan fingerprint density at radius 1 is 0.800 bits per heavy atom. The van der Waals surface area contributed by atoms with Crippen LogP contribution in [-0.2, 0) is 0 Å². The van der Waals surface area contributed by atoms with Crippen LogP contribution in [0.25, 0.3) is 0 Å². The van der Waals surface area contributed by atoms with E-state index in [2.05, 4.69) is 11.5 Å². The van der Waals surface area contributed by atoms with Gasteiger partial charge in [-0.05, 0) is 0 Å². The highest BCUT2D eigenvalue weighted by Crippen LogP contribution is 2.05. The second-order valence-corrected chi connectivity index (χ2v) is 1.77. The zero-order valence-electron chi connectivity index (χ0n) is 5.48. The first kappa shape index (κ1) is 12.7. The highest BCUT2D eigenvalue weighted by Gasteiger charge is 1.94. The first-order valence-corrected chi connectivity index (χ1v) is 2.53. The lowest BCUT2D eigenvalue weighted by atomic mass is 10.3. The van der Waals surface area contributed by atoms with E-state index in [-0.39, 0.29) is 34.0 Å². The van der Waals surface area contributed by atoms with Crippen molar-refractivity contribution >= 4 is 11.4 Å². The average molecular weight is 270 g/mol. The Morgan fingerprint density at radius 2 is 1.10 bits per heavy atom. The van der Waals surface area contributed by atoms with Crippen LogP contribution in [0.3, 0.4) is 0 Å². The van der Waals surface area contributed by atoms with Gasteiger partial charge in [-0.1, -0.05) is 12.1 Å². The summed E-state index contributed by atoms with van der Waals surface area (Å²) in [6.45, 7) is 0. The molecule has 0 amide bonds. The third kappa shape index (κ3) is 3.31. The Morgan fingerprint density at radius 3 is 1.30 bits per heavy atom. The molecule has 0 spiro atoms. The summed E-state index contributed by atoms with van der Waals surface area (Å²) in [5.74, 6) is 0. The molecule has 0 aliphatic rings. The average Bonchev–Trinajstić information content (AvgIpc) is 1.77. The van der Waals surface area contributed by atoms with E-state index in [0.717, 1.165) is 11.4 Å². The summed E-state index contributed by atoms with van der Waals surface area (Å²) in [7, 11) is 0. The summed E-state index contributed by atoms with van der Waals surface area (Å²) in [5, 5.41) is 0. The largest absolute Gasteiger partial charge is 1.00 e. The normalized spacial score (nSPS) is 7.40. The van der Waals surface area contributed by atoms with Crippen LogP contribution in [0, 0.1) is 0 Å². The Hall–Kier alpha value is 0.1000. The molecule has 0 saturated carbocycles. The maximum atomic E-state index is 3.76. The highest BCUT2D eigenvalue weighted by molar-refractivity contribution is 5.48. The van der Waals surface area contributed by atoms with Gasteiger partial charge >= 0.3 is 0 Å². The molecule has 0 bridgehead atoms. The van der Waals surface area contributed by atoms with Crippen LogP contribution >= 0.6 is 0 Å². The molecule has 0 fully saturated rings. The first-order chi connectivity index (χ1) is 3.80. The van der Waals surface area contributed by atoms with Gasteiger partial charge in [0.1, 0.15) is 0 Å². The van der Waals surface area contributed by atoms with Crippen LogP contribution < -0.4 is 45.4 Å². The molecule has 1 aromatic rings. The highest BCUT2D eigenvalue weighted by atomic mass is 79.9. The molecule has 1 rings (SSSR count). The van der Waals surface area contributed by atoms with E-state index < -0.39 is 0 Å². The summed E-state index contributed by atoms with van der Waals surface area (Å²) < 4.78 is 0. The Kier molecular flexibility index (Phi) is 7.46. The third-order valence-corrected chi connectivity index (χ3v) is 1.12. The minimum absolute atomic E-state index is 0. The van der Waals surface area contributed by atoms with Crippen molar-refractivity contribution in [2.45, 2.75) is 0 Å². The van der Waals surface area contributed by atoms with Crippen LogP contribution in [0.1, 0.15) is 0 Å². The summed E-state index contributed by atoms with van der Waals surface area (Å²) in [6, 6.07) is 7.80. The van der Waals surface area contributed by atoms with E-state index in [1.54, 1.807) is 0 Å². The fourth-order valence-corrected chi connectivity index (χ4v) is 0.557. The van der Waals surface area contributed by atoms with Gasteiger partial charge in [0.05, 0.1) is 0 Å². The van der Waals surface area contributed by atoms with Crippen molar-refractivity contribution in [1.29, 1.82) is 0 Å². The molecule has 1 aromatic carbocycles. The lowest BCUT2D eigenvalue weighted by Gasteiger charge is -1.85. The van der Waals surface area contributed by atoms with Gasteiger partial charge in [0.15, 0.2) is 11.4 Å². The number of rotatable bonds is 0. The zero-order chi connectivity index (χ0) is 5.98. The number of hydrogen-bond acceptors (Lipinski definition) is 0. The fraction of sp³-hybridized carbons (Fsp3) is 0. The fourth-order valence-electron chi connectivity index (χ4n) is 0.557. The van der Waals surface area contributed by atoms with E-state index in [0.29, 0.717) is 0 Å². The Balaban J connectivity index is 0. The molecule has 58 valence electrons. The first-order valence-electron chi connectivity index (χ1n) is 2.53. The van der Waals surface area contributed by atoms with Gasteiger partial charge in [-0.3, -0.25) is 0 Å². The molecule has 0 heterocycles. The number of quaternary nitrogens is 2. The standard InChI is InChI=1S/C6H8N2.2BrH/c7-5-3-1-2-4-6(5)8;;/h1-4H,7-8H2;2*1H. The van der Waals surface area contributed by atoms with Crippen LogP contribution in [0.4, 0.5) is 11.4 Å². The molecule has 0 unspecified atom stereocenters. The van der Waals surface area contributed by atoms with Crippen molar-refractivity contribution in [3.63, 3.8) is 0 Å². The van der Waals surface area contributed by atoms with E-state index in [9.17, 15) is 0 Å². The lowest BCUT2D eigenvalue weighted by molar-refractivity contribution is -0.299. The summed E-state index contributed by atoms with van der Waals surface area (Å²) in [5.41, 5.74) is 9.53. The maximum absolute atomic E-state index is 3.76.